The van der Waals surface area contributed by atoms with Crippen molar-refractivity contribution in [2.75, 3.05) is 17.7 Å². The zero-order valence-corrected chi connectivity index (χ0v) is 21.8. The topological polar surface area (TPSA) is 102 Å². The molecule has 0 radical (unpaired) electrons. The van der Waals surface area contributed by atoms with Crippen molar-refractivity contribution in [1.29, 1.82) is 0 Å². The molecule has 1 fully saturated rings. The van der Waals surface area contributed by atoms with Gasteiger partial charge >= 0.3 is 0 Å². The number of rotatable bonds is 10. The highest BCUT2D eigenvalue weighted by atomic mass is 32.2. The van der Waals surface area contributed by atoms with Crippen LogP contribution < -0.4 is 20.9 Å². The summed E-state index contributed by atoms with van der Waals surface area (Å²) in [5.74, 6) is 0.525. The molecule has 1 aliphatic rings. The van der Waals surface area contributed by atoms with E-state index >= 15 is 0 Å². The third-order valence-electron chi connectivity index (χ3n) is 6.08. The third-order valence-corrected chi connectivity index (χ3v) is 7.05. The molecule has 2 amide bonds. The van der Waals surface area contributed by atoms with Crippen LogP contribution in [0.25, 0.3) is 10.9 Å². The van der Waals surface area contributed by atoms with Gasteiger partial charge in [-0.2, -0.15) is 0 Å². The van der Waals surface area contributed by atoms with Gasteiger partial charge in [-0.25, -0.2) is 4.98 Å². The van der Waals surface area contributed by atoms with E-state index in [1.807, 2.05) is 25.1 Å². The van der Waals surface area contributed by atoms with E-state index in [0.717, 1.165) is 24.2 Å². The number of hydrogen-bond donors (Lipinski definition) is 2. The van der Waals surface area contributed by atoms with Crippen LogP contribution >= 0.6 is 11.8 Å². The fourth-order valence-electron chi connectivity index (χ4n) is 3.97. The van der Waals surface area contributed by atoms with Crippen molar-refractivity contribution in [1.82, 2.24) is 14.9 Å². The van der Waals surface area contributed by atoms with E-state index in [0.29, 0.717) is 33.9 Å². The van der Waals surface area contributed by atoms with E-state index in [4.69, 9.17) is 9.72 Å². The molecule has 0 atom stereocenters. The summed E-state index contributed by atoms with van der Waals surface area (Å²) in [5, 5.41) is 6.81. The molecule has 0 spiro atoms. The van der Waals surface area contributed by atoms with E-state index in [1.54, 1.807) is 59.2 Å². The molecule has 1 aliphatic carbocycles. The largest absolute Gasteiger partial charge is 0.494 e. The molecule has 0 aliphatic heterocycles. The number of anilines is 1. The Labute approximate surface area is 224 Å². The standard InChI is InChI=1S/C29H28N4O4S/c1-2-37-23-15-13-21(14-16-23)30-26(34)18-38-29-32-25-6-4-3-5-24(25)28(36)33(29)17-19-7-9-20(10-8-19)27(35)31-22-11-12-22/h3-10,13-16,22H,2,11-12,17-18H2,1H3,(H,30,34)(H,31,35). The minimum atomic E-state index is -0.209. The Bertz CT molecular complexity index is 1510. The summed E-state index contributed by atoms with van der Waals surface area (Å²) >= 11 is 1.21. The molecule has 2 N–H and O–H groups in total. The number of carbonyl (C=O) groups excluding carboxylic acids is 2. The van der Waals surface area contributed by atoms with Crippen molar-refractivity contribution in [3.05, 3.63) is 94.3 Å². The number of ether oxygens (including phenoxy) is 1. The molecule has 5 rings (SSSR count). The van der Waals surface area contributed by atoms with Crippen LogP contribution in [0.5, 0.6) is 5.75 Å². The van der Waals surface area contributed by atoms with Gasteiger partial charge in [0, 0.05) is 17.3 Å². The first-order valence-corrected chi connectivity index (χ1v) is 13.5. The quantitative estimate of drug-likeness (QED) is 0.233. The summed E-state index contributed by atoms with van der Waals surface area (Å²) in [6, 6.07) is 21.9. The molecule has 1 saturated carbocycles. The summed E-state index contributed by atoms with van der Waals surface area (Å²) in [7, 11) is 0. The Morgan fingerprint density at radius 2 is 1.76 bits per heavy atom. The van der Waals surface area contributed by atoms with Crippen LogP contribution in [-0.2, 0) is 11.3 Å². The highest BCUT2D eigenvalue weighted by molar-refractivity contribution is 7.99. The van der Waals surface area contributed by atoms with Gasteiger partial charge in [-0.15, -0.1) is 0 Å². The van der Waals surface area contributed by atoms with Crippen molar-refractivity contribution in [2.45, 2.75) is 37.5 Å². The lowest BCUT2D eigenvalue weighted by Crippen LogP contribution is -2.26. The van der Waals surface area contributed by atoms with Gasteiger partial charge in [0.1, 0.15) is 5.75 Å². The Hall–Kier alpha value is -4.11. The van der Waals surface area contributed by atoms with Crippen LogP contribution in [0.15, 0.2) is 82.7 Å². The maximum Gasteiger partial charge on any atom is 0.262 e. The molecule has 0 unspecified atom stereocenters. The van der Waals surface area contributed by atoms with Crippen molar-refractivity contribution in [3.63, 3.8) is 0 Å². The van der Waals surface area contributed by atoms with Crippen LogP contribution in [0.4, 0.5) is 5.69 Å². The molecule has 3 aromatic carbocycles. The van der Waals surface area contributed by atoms with Gasteiger partial charge in [0.2, 0.25) is 5.91 Å². The van der Waals surface area contributed by atoms with Gasteiger partial charge in [-0.1, -0.05) is 36.0 Å². The maximum absolute atomic E-state index is 13.4. The van der Waals surface area contributed by atoms with E-state index in [1.165, 1.54) is 11.8 Å². The maximum atomic E-state index is 13.4. The number of hydrogen-bond acceptors (Lipinski definition) is 6. The Morgan fingerprint density at radius 1 is 1.03 bits per heavy atom. The first kappa shape index (κ1) is 25.5. The fraction of sp³-hybridized carbons (Fsp3) is 0.241. The zero-order valence-electron chi connectivity index (χ0n) is 21.0. The minimum absolute atomic E-state index is 0.0816. The first-order valence-electron chi connectivity index (χ1n) is 12.5. The average molecular weight is 529 g/mol. The molecule has 1 heterocycles. The second-order valence-corrected chi connectivity index (χ2v) is 9.98. The average Bonchev–Trinajstić information content (AvgIpc) is 3.75. The highest BCUT2D eigenvalue weighted by Crippen LogP contribution is 2.22. The van der Waals surface area contributed by atoms with Gasteiger partial charge in [0.15, 0.2) is 5.16 Å². The monoisotopic (exact) mass is 528 g/mol. The number of thioether (sulfide) groups is 1. The number of nitrogens with one attached hydrogen (secondary N) is 2. The van der Waals surface area contributed by atoms with Gasteiger partial charge in [0.25, 0.3) is 11.5 Å². The SMILES string of the molecule is CCOc1ccc(NC(=O)CSc2nc3ccccc3c(=O)n2Cc2ccc(C(=O)NC3CC3)cc2)cc1. The zero-order chi connectivity index (χ0) is 26.5. The van der Waals surface area contributed by atoms with E-state index in [2.05, 4.69) is 10.6 Å². The lowest BCUT2D eigenvalue weighted by atomic mass is 10.1. The molecule has 1 aromatic heterocycles. The van der Waals surface area contributed by atoms with Gasteiger partial charge in [-0.05, 0) is 73.9 Å². The molecule has 9 heteroatoms. The number of benzene rings is 3. The number of fused-ring (bicyclic) bond motifs is 1. The van der Waals surface area contributed by atoms with Gasteiger partial charge in [-0.3, -0.25) is 19.0 Å². The second-order valence-electron chi connectivity index (χ2n) is 9.04. The molecule has 0 saturated heterocycles. The van der Waals surface area contributed by atoms with Crippen LogP contribution in [0.3, 0.4) is 0 Å². The van der Waals surface area contributed by atoms with E-state index in [9.17, 15) is 14.4 Å². The molecule has 8 nitrogen and oxygen atoms in total. The normalized spacial score (nSPS) is 12.8. The number of nitrogens with zero attached hydrogens (tertiary/aromatic N) is 2. The van der Waals surface area contributed by atoms with Crippen LogP contribution in [-0.4, -0.2) is 39.8 Å². The lowest BCUT2D eigenvalue weighted by molar-refractivity contribution is -0.113. The van der Waals surface area contributed by atoms with Crippen LogP contribution in [0.1, 0.15) is 35.7 Å². The first-order chi connectivity index (χ1) is 18.5. The molecule has 4 aromatic rings. The molecular weight excluding hydrogens is 500 g/mol. The van der Waals surface area contributed by atoms with Crippen molar-refractivity contribution in [3.8, 4) is 5.75 Å². The Balaban J connectivity index is 1.33. The number of para-hydroxylation sites is 1. The second kappa shape index (κ2) is 11.5. The van der Waals surface area contributed by atoms with Crippen LogP contribution in [0.2, 0.25) is 0 Å². The Morgan fingerprint density at radius 3 is 2.47 bits per heavy atom. The van der Waals surface area contributed by atoms with Gasteiger partial charge < -0.3 is 15.4 Å². The predicted octanol–water partition coefficient (Wildman–Crippen LogP) is 4.47. The van der Waals surface area contributed by atoms with Crippen molar-refractivity contribution < 1.29 is 14.3 Å². The molecule has 194 valence electrons. The summed E-state index contributed by atoms with van der Waals surface area (Å²) in [6.45, 7) is 2.75. The summed E-state index contributed by atoms with van der Waals surface area (Å²) in [6.07, 6.45) is 2.06. The highest BCUT2D eigenvalue weighted by Gasteiger charge is 2.23. The summed E-state index contributed by atoms with van der Waals surface area (Å²) < 4.78 is 7.02. The third kappa shape index (κ3) is 6.23. The number of aromatic nitrogens is 2. The number of carbonyl (C=O) groups is 2. The summed E-state index contributed by atoms with van der Waals surface area (Å²) in [4.78, 5) is 43.1. The Kier molecular flexibility index (Phi) is 7.74. The minimum Gasteiger partial charge on any atom is -0.494 e. The van der Waals surface area contributed by atoms with E-state index < -0.39 is 0 Å². The fourth-order valence-corrected chi connectivity index (χ4v) is 4.76. The lowest BCUT2D eigenvalue weighted by Gasteiger charge is -2.14. The smallest absolute Gasteiger partial charge is 0.262 e. The predicted molar refractivity (Wildman–Crippen MR) is 149 cm³/mol. The molecule has 38 heavy (non-hydrogen) atoms. The van der Waals surface area contributed by atoms with Crippen molar-refractivity contribution in [2.24, 2.45) is 0 Å². The van der Waals surface area contributed by atoms with Crippen LogP contribution in [0, 0.1) is 0 Å². The van der Waals surface area contributed by atoms with E-state index in [-0.39, 0.29) is 35.7 Å². The van der Waals surface area contributed by atoms with Gasteiger partial charge in [0.05, 0.1) is 29.8 Å². The molecular formula is C29H28N4O4S. The van der Waals surface area contributed by atoms with Crippen molar-refractivity contribution >= 4 is 40.2 Å². The number of amides is 2. The molecule has 0 bridgehead atoms. The summed E-state index contributed by atoms with van der Waals surface area (Å²) in [5.41, 5.74) is 2.50.